The Hall–Kier alpha value is -1.58. The molecule has 0 radical (unpaired) electrons. The van der Waals surface area contributed by atoms with Crippen molar-refractivity contribution in [3.05, 3.63) is 29.8 Å². The van der Waals surface area contributed by atoms with Gasteiger partial charge in [-0.05, 0) is 51.3 Å². The van der Waals surface area contributed by atoms with Crippen LogP contribution in [0.2, 0.25) is 0 Å². The normalized spacial score (nSPS) is 25.1. The van der Waals surface area contributed by atoms with Crippen molar-refractivity contribution >= 4 is 15.9 Å². The van der Waals surface area contributed by atoms with Crippen LogP contribution < -0.4 is 4.90 Å². The molecule has 1 aromatic rings. The number of hydrogen-bond donors (Lipinski definition) is 1. The minimum absolute atomic E-state index is 0.0992. The predicted octanol–water partition coefficient (Wildman–Crippen LogP) is 0.644. The van der Waals surface area contributed by atoms with Gasteiger partial charge in [-0.25, -0.2) is 17.2 Å². The minimum atomic E-state index is -4.10. The summed E-state index contributed by atoms with van der Waals surface area (Å²) in [6.45, 7) is 5.73. The quantitative estimate of drug-likeness (QED) is 0.784. The van der Waals surface area contributed by atoms with Crippen molar-refractivity contribution in [1.29, 1.82) is 0 Å². The first-order valence-electron chi connectivity index (χ1n) is 9.80. The van der Waals surface area contributed by atoms with Crippen LogP contribution in [-0.2, 0) is 14.8 Å². The van der Waals surface area contributed by atoms with Crippen LogP contribution in [0.25, 0.3) is 0 Å². The van der Waals surface area contributed by atoms with Crippen LogP contribution >= 0.6 is 0 Å². The molecule has 156 valence electrons. The van der Waals surface area contributed by atoms with Gasteiger partial charge in [-0.2, -0.15) is 4.31 Å². The zero-order valence-corrected chi connectivity index (χ0v) is 17.1. The number of nitrogens with one attached hydrogen (secondary N) is 1. The van der Waals surface area contributed by atoms with E-state index in [1.54, 1.807) is 0 Å². The van der Waals surface area contributed by atoms with Crippen LogP contribution in [0.3, 0.4) is 0 Å². The third kappa shape index (κ3) is 4.36. The maximum atomic E-state index is 13.9. The number of hydrogen-bond acceptors (Lipinski definition) is 3. The Bertz CT molecular complexity index is 816. The van der Waals surface area contributed by atoms with Crippen LogP contribution in [0.5, 0.6) is 0 Å². The summed E-state index contributed by atoms with van der Waals surface area (Å²) in [6, 6.07) is 2.89. The number of rotatable bonds is 4. The summed E-state index contributed by atoms with van der Waals surface area (Å²) in [6.07, 6.45) is 3.15. The number of piperidine rings is 1. The Kier molecular flexibility index (Phi) is 6.36. The molecule has 9 heteroatoms. The summed E-state index contributed by atoms with van der Waals surface area (Å²) in [5.41, 5.74) is 0. The molecular formula is C19H28F2N3O3S+. The summed E-state index contributed by atoms with van der Waals surface area (Å²) in [7, 11) is -4.10. The van der Waals surface area contributed by atoms with E-state index in [4.69, 9.17) is 0 Å². The summed E-state index contributed by atoms with van der Waals surface area (Å²) < 4.78 is 53.8. The van der Waals surface area contributed by atoms with Gasteiger partial charge in [0, 0.05) is 12.1 Å². The van der Waals surface area contributed by atoms with E-state index in [-0.39, 0.29) is 31.1 Å². The summed E-state index contributed by atoms with van der Waals surface area (Å²) >= 11 is 0. The van der Waals surface area contributed by atoms with Crippen LogP contribution in [0.4, 0.5) is 8.78 Å². The third-order valence-corrected chi connectivity index (χ3v) is 7.74. The van der Waals surface area contributed by atoms with Crippen molar-refractivity contribution in [3.63, 3.8) is 0 Å². The Morgan fingerprint density at radius 3 is 2.36 bits per heavy atom. The summed E-state index contributed by atoms with van der Waals surface area (Å²) in [4.78, 5) is 15.1. The predicted molar refractivity (Wildman–Crippen MR) is 100 cm³/mol. The molecule has 2 heterocycles. The second-order valence-corrected chi connectivity index (χ2v) is 9.74. The van der Waals surface area contributed by atoms with Gasteiger partial charge < -0.3 is 9.80 Å². The highest BCUT2D eigenvalue weighted by molar-refractivity contribution is 7.89. The van der Waals surface area contributed by atoms with Crippen molar-refractivity contribution in [2.75, 3.05) is 32.7 Å². The number of quaternary nitrogens is 1. The lowest BCUT2D eigenvalue weighted by Gasteiger charge is -2.40. The van der Waals surface area contributed by atoms with E-state index in [2.05, 4.69) is 13.8 Å². The molecule has 1 N–H and O–H groups in total. The van der Waals surface area contributed by atoms with Gasteiger partial charge in [0.05, 0.1) is 26.2 Å². The average Bonchev–Trinajstić information content (AvgIpc) is 2.64. The average molecular weight is 417 g/mol. The number of halogens is 2. The zero-order chi connectivity index (χ0) is 20.5. The van der Waals surface area contributed by atoms with E-state index in [1.807, 2.05) is 4.90 Å². The lowest BCUT2D eigenvalue weighted by Crippen LogP contribution is -3.16. The van der Waals surface area contributed by atoms with Crippen LogP contribution in [-0.4, -0.2) is 68.3 Å². The number of benzene rings is 1. The molecule has 2 atom stereocenters. The van der Waals surface area contributed by atoms with Gasteiger partial charge in [-0.3, -0.25) is 4.79 Å². The zero-order valence-electron chi connectivity index (χ0n) is 16.3. The van der Waals surface area contributed by atoms with E-state index in [9.17, 15) is 22.0 Å². The fourth-order valence-corrected chi connectivity index (χ4v) is 5.77. The van der Waals surface area contributed by atoms with Gasteiger partial charge in [-0.1, -0.05) is 0 Å². The van der Waals surface area contributed by atoms with Crippen LogP contribution in [0.15, 0.2) is 23.1 Å². The van der Waals surface area contributed by atoms with E-state index in [1.165, 1.54) is 4.31 Å². The lowest BCUT2D eigenvalue weighted by molar-refractivity contribution is -0.896. The molecule has 1 aromatic carbocycles. The molecule has 0 saturated carbocycles. The first-order valence-corrected chi connectivity index (χ1v) is 11.2. The van der Waals surface area contributed by atoms with Crippen molar-refractivity contribution in [1.82, 2.24) is 9.21 Å². The largest absolute Gasteiger partial charge is 0.332 e. The molecule has 2 aliphatic heterocycles. The highest BCUT2D eigenvalue weighted by Crippen LogP contribution is 2.22. The molecular weight excluding hydrogens is 388 g/mol. The van der Waals surface area contributed by atoms with Crippen molar-refractivity contribution in [2.24, 2.45) is 0 Å². The van der Waals surface area contributed by atoms with E-state index in [0.717, 1.165) is 36.3 Å². The van der Waals surface area contributed by atoms with Gasteiger partial charge in [0.2, 0.25) is 10.0 Å². The molecule has 2 aliphatic rings. The molecule has 1 amide bonds. The molecule has 2 saturated heterocycles. The van der Waals surface area contributed by atoms with Gasteiger partial charge in [0.25, 0.3) is 5.91 Å². The first kappa shape index (κ1) is 21.1. The molecule has 0 spiro atoms. The van der Waals surface area contributed by atoms with E-state index in [0.29, 0.717) is 25.7 Å². The number of amides is 1. The minimum Gasteiger partial charge on any atom is -0.332 e. The second-order valence-electron chi connectivity index (χ2n) is 7.84. The van der Waals surface area contributed by atoms with Crippen molar-refractivity contribution in [2.45, 2.75) is 50.1 Å². The first-order chi connectivity index (χ1) is 13.2. The Morgan fingerprint density at radius 1 is 1.14 bits per heavy atom. The lowest BCUT2D eigenvalue weighted by atomic mass is 9.97. The fourth-order valence-electron chi connectivity index (χ4n) is 4.25. The molecule has 0 unspecified atom stereocenters. The van der Waals surface area contributed by atoms with E-state index >= 15 is 0 Å². The maximum Gasteiger partial charge on any atom is 0.278 e. The highest BCUT2D eigenvalue weighted by Gasteiger charge is 2.35. The Balaban J connectivity index is 1.61. The SMILES string of the molecule is C[C@@H]1CCC[C@@H](C)N1C(=O)C[NH+]1CCN(S(=O)(=O)c2cc(F)ccc2F)CC1. The maximum absolute atomic E-state index is 13.9. The monoisotopic (exact) mass is 416 g/mol. The second kappa shape index (κ2) is 8.42. The molecule has 0 aromatic heterocycles. The van der Waals surface area contributed by atoms with Crippen molar-refractivity contribution < 1.29 is 26.9 Å². The van der Waals surface area contributed by atoms with Crippen LogP contribution in [0, 0.1) is 11.6 Å². The highest BCUT2D eigenvalue weighted by atomic mass is 32.2. The topological polar surface area (TPSA) is 62.1 Å². The molecule has 0 aliphatic carbocycles. The number of carbonyl (C=O) groups excluding carboxylic acids is 1. The Morgan fingerprint density at radius 2 is 1.75 bits per heavy atom. The van der Waals surface area contributed by atoms with Gasteiger partial charge in [-0.15, -0.1) is 0 Å². The smallest absolute Gasteiger partial charge is 0.278 e. The van der Waals surface area contributed by atoms with Crippen LogP contribution in [0.1, 0.15) is 33.1 Å². The Labute approximate surface area is 165 Å². The molecule has 2 fully saturated rings. The third-order valence-electron chi connectivity index (χ3n) is 5.82. The standard InChI is InChI=1S/C19H27F2N3O3S/c1-14-4-3-5-15(2)24(14)19(25)13-22-8-10-23(11-9-22)28(26,27)18-12-16(20)6-7-17(18)21/h6-7,12,14-15H,3-5,8-11,13H2,1-2H3/p+1/t14-,15-/m1/s1. The fraction of sp³-hybridized carbons (Fsp3) is 0.632. The number of sulfonamides is 1. The van der Waals surface area contributed by atoms with E-state index < -0.39 is 26.6 Å². The number of piperazine rings is 1. The molecule has 6 nitrogen and oxygen atoms in total. The van der Waals surface area contributed by atoms with Gasteiger partial charge in [0.15, 0.2) is 6.54 Å². The van der Waals surface area contributed by atoms with Crippen molar-refractivity contribution in [3.8, 4) is 0 Å². The number of carbonyl (C=O) groups is 1. The molecule has 28 heavy (non-hydrogen) atoms. The summed E-state index contributed by atoms with van der Waals surface area (Å²) in [5.74, 6) is -1.65. The number of nitrogens with zero attached hydrogens (tertiary/aromatic N) is 2. The number of likely N-dealkylation sites (tertiary alicyclic amines) is 1. The molecule has 3 rings (SSSR count). The molecule has 0 bridgehead atoms. The van der Waals surface area contributed by atoms with Gasteiger partial charge >= 0.3 is 0 Å². The summed E-state index contributed by atoms with van der Waals surface area (Å²) in [5, 5.41) is 0. The van der Waals surface area contributed by atoms with Gasteiger partial charge in [0.1, 0.15) is 16.5 Å².